The Balaban J connectivity index is 2.40. The number of rotatable bonds is 3. The Labute approximate surface area is 120 Å². The van der Waals surface area contributed by atoms with Gasteiger partial charge in [-0.2, -0.15) is 11.8 Å². The number of hydrogen-bond acceptors (Lipinski definition) is 2. The fourth-order valence-electron chi connectivity index (χ4n) is 2.59. The van der Waals surface area contributed by atoms with Gasteiger partial charge >= 0.3 is 0 Å². The molecule has 1 aliphatic heterocycles. The van der Waals surface area contributed by atoms with Gasteiger partial charge in [-0.1, -0.05) is 31.5 Å². The number of benzene rings is 1. The van der Waals surface area contributed by atoms with E-state index < -0.39 is 0 Å². The van der Waals surface area contributed by atoms with Crippen LogP contribution in [-0.4, -0.2) is 12.3 Å². The fourth-order valence-corrected chi connectivity index (χ4v) is 4.22. The van der Waals surface area contributed by atoms with Gasteiger partial charge in [0.2, 0.25) is 0 Å². The molecular weight excluding hydrogens is 262 g/mol. The van der Waals surface area contributed by atoms with Crippen molar-refractivity contribution in [2.75, 3.05) is 12.3 Å². The van der Waals surface area contributed by atoms with Crippen LogP contribution in [0, 0.1) is 12.8 Å². The summed E-state index contributed by atoms with van der Waals surface area (Å²) in [4.78, 5) is 0. The van der Waals surface area contributed by atoms with Gasteiger partial charge in [-0.3, -0.25) is 0 Å². The fraction of sp³-hybridized carbons (Fsp3) is 0.600. The van der Waals surface area contributed by atoms with Gasteiger partial charge in [-0.15, -0.1) is 0 Å². The summed E-state index contributed by atoms with van der Waals surface area (Å²) in [6.45, 7) is 7.76. The molecule has 1 aromatic rings. The molecule has 2 rings (SSSR count). The first kappa shape index (κ1) is 14.2. The molecule has 0 radical (unpaired) electrons. The lowest BCUT2D eigenvalue weighted by atomic mass is 9.91. The molecule has 2 unspecified atom stereocenters. The zero-order chi connectivity index (χ0) is 13.1. The second-order valence-electron chi connectivity index (χ2n) is 5.24. The molecule has 1 N–H and O–H groups in total. The number of hydrogen-bond donors (Lipinski definition) is 1. The third-order valence-electron chi connectivity index (χ3n) is 3.52. The monoisotopic (exact) mass is 283 g/mol. The lowest BCUT2D eigenvalue weighted by Crippen LogP contribution is -2.28. The van der Waals surface area contributed by atoms with Crippen LogP contribution in [0.5, 0.6) is 0 Å². The summed E-state index contributed by atoms with van der Waals surface area (Å²) in [6, 6.07) is 4.86. The lowest BCUT2D eigenvalue weighted by Gasteiger charge is -2.25. The second kappa shape index (κ2) is 6.31. The van der Waals surface area contributed by atoms with E-state index in [1.165, 1.54) is 28.9 Å². The molecule has 1 aromatic carbocycles. The van der Waals surface area contributed by atoms with Crippen LogP contribution in [-0.2, 0) is 5.75 Å². The van der Waals surface area contributed by atoms with Crippen LogP contribution in [0.3, 0.4) is 0 Å². The van der Waals surface area contributed by atoms with Crippen LogP contribution in [0.1, 0.15) is 43.0 Å². The summed E-state index contributed by atoms with van der Waals surface area (Å²) in [6.07, 6.45) is 1.17. The van der Waals surface area contributed by atoms with Crippen LogP contribution < -0.4 is 5.32 Å². The van der Waals surface area contributed by atoms with Crippen LogP contribution in [0.25, 0.3) is 0 Å². The van der Waals surface area contributed by atoms with E-state index in [9.17, 15) is 0 Å². The first-order valence-electron chi connectivity index (χ1n) is 6.73. The molecule has 1 nitrogen and oxygen atoms in total. The van der Waals surface area contributed by atoms with E-state index in [4.69, 9.17) is 11.6 Å². The predicted octanol–water partition coefficient (Wildman–Crippen LogP) is 4.57. The number of nitrogens with one attached hydrogen (secondary N) is 1. The molecule has 2 atom stereocenters. The first-order chi connectivity index (χ1) is 8.63. The zero-order valence-corrected chi connectivity index (χ0v) is 13.0. The molecule has 0 fully saturated rings. The molecular formula is C15H22ClNS. The van der Waals surface area contributed by atoms with Crippen LogP contribution >= 0.6 is 23.4 Å². The third kappa shape index (κ3) is 3.04. The van der Waals surface area contributed by atoms with Crippen molar-refractivity contribution in [2.45, 2.75) is 39.0 Å². The Bertz CT molecular complexity index is 419. The van der Waals surface area contributed by atoms with Gasteiger partial charge in [0.1, 0.15) is 0 Å². The van der Waals surface area contributed by atoms with Crippen molar-refractivity contribution in [1.82, 2.24) is 5.32 Å². The minimum atomic E-state index is 0.451. The summed E-state index contributed by atoms with van der Waals surface area (Å²) in [5.41, 5.74) is 4.03. The molecule has 0 aromatic heterocycles. The Hall–Kier alpha value is -0.180. The molecule has 0 spiro atoms. The van der Waals surface area contributed by atoms with Gasteiger partial charge in [0.25, 0.3) is 0 Å². The van der Waals surface area contributed by atoms with Crippen LogP contribution in [0.2, 0.25) is 5.02 Å². The lowest BCUT2D eigenvalue weighted by molar-refractivity contribution is 0.418. The largest absolute Gasteiger partial charge is 0.310 e. The average Bonchev–Trinajstić information content (AvgIpc) is 2.46. The standard InChI is InChI=1S/C15H22ClNS/c1-4-5-17-15-11(3)8-18-9-13-12(15)6-10(2)7-14(13)16/h6-7,11,15,17H,4-5,8-9H2,1-3H3. The third-order valence-corrected chi connectivity index (χ3v) is 5.11. The van der Waals surface area contributed by atoms with Crippen LogP contribution in [0.15, 0.2) is 12.1 Å². The molecule has 1 heterocycles. The van der Waals surface area contributed by atoms with Crippen molar-refractivity contribution in [2.24, 2.45) is 5.92 Å². The second-order valence-corrected chi connectivity index (χ2v) is 6.68. The van der Waals surface area contributed by atoms with E-state index in [1.807, 2.05) is 11.8 Å². The number of fused-ring (bicyclic) bond motifs is 1. The Morgan fingerprint density at radius 1 is 1.44 bits per heavy atom. The molecule has 18 heavy (non-hydrogen) atoms. The Kier molecular flexibility index (Phi) is 4.99. The molecule has 3 heteroatoms. The Morgan fingerprint density at radius 3 is 2.94 bits per heavy atom. The summed E-state index contributed by atoms with van der Waals surface area (Å²) in [7, 11) is 0. The highest BCUT2D eigenvalue weighted by molar-refractivity contribution is 7.98. The number of aryl methyl sites for hydroxylation is 1. The molecule has 0 amide bonds. The van der Waals surface area contributed by atoms with Crippen molar-refractivity contribution < 1.29 is 0 Å². The van der Waals surface area contributed by atoms with E-state index in [-0.39, 0.29) is 0 Å². The normalized spacial score (nSPS) is 23.6. The smallest absolute Gasteiger partial charge is 0.0452 e. The minimum absolute atomic E-state index is 0.451. The predicted molar refractivity (Wildman–Crippen MR) is 82.5 cm³/mol. The average molecular weight is 284 g/mol. The first-order valence-corrected chi connectivity index (χ1v) is 8.26. The van der Waals surface area contributed by atoms with Crippen LogP contribution in [0.4, 0.5) is 0 Å². The summed E-state index contributed by atoms with van der Waals surface area (Å²) in [5, 5.41) is 4.64. The van der Waals surface area contributed by atoms with E-state index >= 15 is 0 Å². The summed E-state index contributed by atoms with van der Waals surface area (Å²) in [5.74, 6) is 2.90. The van der Waals surface area contributed by atoms with Gasteiger partial charge in [-0.05, 0) is 54.3 Å². The zero-order valence-electron chi connectivity index (χ0n) is 11.4. The van der Waals surface area contributed by atoms with Crippen molar-refractivity contribution in [3.05, 3.63) is 33.8 Å². The van der Waals surface area contributed by atoms with Gasteiger partial charge in [-0.25, -0.2) is 0 Å². The maximum atomic E-state index is 6.43. The Morgan fingerprint density at radius 2 is 2.22 bits per heavy atom. The molecule has 100 valence electrons. The molecule has 0 aliphatic carbocycles. The molecule has 0 saturated heterocycles. The van der Waals surface area contributed by atoms with Crippen molar-refractivity contribution in [3.8, 4) is 0 Å². The van der Waals surface area contributed by atoms with Gasteiger partial charge in [0.05, 0.1) is 0 Å². The van der Waals surface area contributed by atoms with Crippen molar-refractivity contribution in [3.63, 3.8) is 0 Å². The van der Waals surface area contributed by atoms with Crippen molar-refractivity contribution in [1.29, 1.82) is 0 Å². The number of halogens is 1. The van der Waals surface area contributed by atoms with Gasteiger partial charge in [0, 0.05) is 16.8 Å². The molecule has 0 saturated carbocycles. The molecule has 1 aliphatic rings. The highest BCUT2D eigenvalue weighted by Gasteiger charge is 2.26. The van der Waals surface area contributed by atoms with E-state index in [1.54, 1.807) is 0 Å². The SMILES string of the molecule is CCCNC1c2cc(C)cc(Cl)c2CSCC1C. The van der Waals surface area contributed by atoms with Crippen molar-refractivity contribution >= 4 is 23.4 Å². The maximum Gasteiger partial charge on any atom is 0.0452 e. The summed E-state index contributed by atoms with van der Waals surface area (Å²) >= 11 is 8.43. The minimum Gasteiger partial charge on any atom is -0.310 e. The summed E-state index contributed by atoms with van der Waals surface area (Å²) < 4.78 is 0. The number of thioether (sulfide) groups is 1. The van der Waals surface area contributed by atoms with Gasteiger partial charge in [0.15, 0.2) is 0 Å². The topological polar surface area (TPSA) is 12.0 Å². The quantitative estimate of drug-likeness (QED) is 0.872. The van der Waals surface area contributed by atoms with E-state index in [2.05, 4.69) is 38.2 Å². The highest BCUT2D eigenvalue weighted by atomic mass is 35.5. The van der Waals surface area contributed by atoms with Gasteiger partial charge < -0.3 is 5.32 Å². The molecule has 0 bridgehead atoms. The highest BCUT2D eigenvalue weighted by Crippen LogP contribution is 2.38. The maximum absolute atomic E-state index is 6.43. The van der Waals surface area contributed by atoms with E-state index in [0.717, 1.165) is 17.3 Å². The van der Waals surface area contributed by atoms with E-state index in [0.29, 0.717) is 12.0 Å².